The van der Waals surface area contributed by atoms with Crippen molar-refractivity contribution in [2.75, 3.05) is 17.6 Å². The monoisotopic (exact) mass is 297 g/mol. The van der Waals surface area contributed by atoms with Crippen LogP contribution in [0.2, 0.25) is 0 Å². The van der Waals surface area contributed by atoms with Crippen molar-refractivity contribution in [1.29, 1.82) is 0 Å². The lowest BCUT2D eigenvalue weighted by Gasteiger charge is -2.07. The Morgan fingerprint density at radius 2 is 2.25 bits per heavy atom. The number of nitrogens with zero attached hydrogens (tertiary/aromatic N) is 1. The van der Waals surface area contributed by atoms with Crippen molar-refractivity contribution in [3.05, 3.63) is 39.3 Å². The second kappa shape index (κ2) is 5.32. The minimum absolute atomic E-state index is 0.690. The summed E-state index contributed by atoms with van der Waals surface area (Å²) in [6.45, 7) is 0.876. The minimum Gasteiger partial charge on any atom is -0.396 e. The summed E-state index contributed by atoms with van der Waals surface area (Å²) in [7, 11) is 0. The molecule has 0 amide bonds. The highest BCUT2D eigenvalue weighted by Crippen LogP contribution is 2.22. The summed E-state index contributed by atoms with van der Waals surface area (Å²) >= 11 is 5.21. The molecule has 3 N–H and O–H groups in total. The topological polar surface area (TPSA) is 50.9 Å². The molecule has 0 aliphatic rings. The highest BCUT2D eigenvalue weighted by Gasteiger charge is 1.99. The molecule has 0 fully saturated rings. The van der Waals surface area contributed by atoms with Crippen molar-refractivity contribution in [1.82, 2.24) is 4.98 Å². The Hall–Kier alpha value is -1.07. The zero-order chi connectivity index (χ0) is 11.4. The molecule has 16 heavy (non-hydrogen) atoms. The molecule has 2 heterocycles. The van der Waals surface area contributed by atoms with Gasteiger partial charge >= 0.3 is 0 Å². The maximum absolute atomic E-state index is 5.77. The van der Waals surface area contributed by atoms with Gasteiger partial charge in [-0.15, -0.1) is 11.3 Å². The quantitative estimate of drug-likeness (QED) is 0.911. The maximum Gasteiger partial charge on any atom is 0.0736 e. The third kappa shape index (κ3) is 2.96. The average Bonchev–Trinajstić information content (AvgIpc) is 2.67. The van der Waals surface area contributed by atoms with Gasteiger partial charge in [0.1, 0.15) is 0 Å². The van der Waals surface area contributed by atoms with Crippen LogP contribution in [0, 0.1) is 0 Å². The van der Waals surface area contributed by atoms with E-state index in [-0.39, 0.29) is 0 Å². The number of nitrogen functional groups attached to an aromatic ring is 1. The van der Waals surface area contributed by atoms with Crippen LogP contribution in [0.1, 0.15) is 4.88 Å². The first-order valence-electron chi connectivity index (χ1n) is 4.93. The first-order chi connectivity index (χ1) is 7.75. The Labute approximate surface area is 107 Å². The second-order valence-electron chi connectivity index (χ2n) is 3.35. The van der Waals surface area contributed by atoms with Gasteiger partial charge in [0.05, 0.1) is 21.4 Å². The first kappa shape index (κ1) is 11.4. The van der Waals surface area contributed by atoms with E-state index >= 15 is 0 Å². The summed E-state index contributed by atoms with van der Waals surface area (Å²) in [6, 6.07) is 6.09. The number of aromatic nitrogens is 1. The summed E-state index contributed by atoms with van der Waals surface area (Å²) in [6.07, 6.45) is 4.39. The van der Waals surface area contributed by atoms with E-state index < -0.39 is 0 Å². The number of hydrogen-bond acceptors (Lipinski definition) is 4. The predicted molar refractivity (Wildman–Crippen MR) is 72.9 cm³/mol. The smallest absolute Gasteiger partial charge is 0.0736 e. The van der Waals surface area contributed by atoms with Crippen molar-refractivity contribution in [3.8, 4) is 0 Å². The van der Waals surface area contributed by atoms with E-state index in [1.54, 1.807) is 23.7 Å². The molecule has 3 nitrogen and oxygen atoms in total. The molecule has 0 atom stereocenters. The summed E-state index contributed by atoms with van der Waals surface area (Å²) in [5.41, 5.74) is 7.41. The molecule has 0 saturated carbocycles. The van der Waals surface area contributed by atoms with Crippen LogP contribution in [0.4, 0.5) is 11.4 Å². The van der Waals surface area contributed by atoms with Gasteiger partial charge in [-0.3, -0.25) is 4.98 Å². The summed E-state index contributed by atoms with van der Waals surface area (Å²) in [5, 5.41) is 3.30. The van der Waals surface area contributed by atoms with Gasteiger partial charge in [-0.2, -0.15) is 0 Å². The number of thiophene rings is 1. The Kier molecular flexibility index (Phi) is 3.79. The van der Waals surface area contributed by atoms with Crippen LogP contribution >= 0.6 is 27.3 Å². The van der Waals surface area contributed by atoms with Gasteiger partial charge in [0, 0.05) is 17.6 Å². The molecule has 0 aromatic carbocycles. The molecule has 0 radical (unpaired) electrons. The van der Waals surface area contributed by atoms with E-state index in [4.69, 9.17) is 5.73 Å². The predicted octanol–water partition coefficient (Wildman–Crippen LogP) is 3.14. The Bertz CT molecular complexity index is 470. The number of rotatable bonds is 4. The molecule has 0 saturated heterocycles. The molecular weight excluding hydrogens is 286 g/mol. The normalized spacial score (nSPS) is 10.3. The molecule has 0 spiro atoms. The van der Waals surface area contributed by atoms with Crippen LogP contribution in [0.15, 0.2) is 34.4 Å². The Balaban J connectivity index is 1.87. The van der Waals surface area contributed by atoms with Gasteiger partial charge in [-0.1, -0.05) is 0 Å². The second-order valence-corrected chi connectivity index (χ2v) is 5.89. The Morgan fingerprint density at radius 1 is 1.38 bits per heavy atom. The fourth-order valence-corrected chi connectivity index (χ4v) is 2.86. The number of halogens is 1. The molecule has 5 heteroatoms. The van der Waals surface area contributed by atoms with E-state index in [2.05, 4.69) is 38.4 Å². The van der Waals surface area contributed by atoms with Crippen molar-refractivity contribution in [2.45, 2.75) is 6.42 Å². The maximum atomic E-state index is 5.77. The lowest BCUT2D eigenvalue weighted by atomic mass is 10.3. The van der Waals surface area contributed by atoms with Crippen LogP contribution in [0.3, 0.4) is 0 Å². The van der Waals surface area contributed by atoms with E-state index in [0.717, 1.165) is 18.7 Å². The van der Waals surface area contributed by atoms with Crippen molar-refractivity contribution in [2.24, 2.45) is 0 Å². The molecule has 2 aromatic heterocycles. The fraction of sp³-hybridized carbons (Fsp3) is 0.182. The summed E-state index contributed by atoms with van der Waals surface area (Å²) in [5.74, 6) is 0. The number of hydrogen-bond donors (Lipinski definition) is 2. The van der Waals surface area contributed by atoms with Gasteiger partial charge in [0.25, 0.3) is 0 Å². The van der Waals surface area contributed by atoms with Crippen LogP contribution < -0.4 is 11.1 Å². The number of nitrogens with one attached hydrogen (secondary N) is 1. The molecule has 2 rings (SSSR count). The highest BCUT2D eigenvalue weighted by atomic mass is 79.9. The van der Waals surface area contributed by atoms with Crippen LogP contribution in [0.25, 0.3) is 0 Å². The first-order valence-corrected chi connectivity index (χ1v) is 6.54. The van der Waals surface area contributed by atoms with Crippen LogP contribution in [-0.2, 0) is 6.42 Å². The molecule has 2 aromatic rings. The summed E-state index contributed by atoms with van der Waals surface area (Å²) in [4.78, 5) is 5.30. The highest BCUT2D eigenvalue weighted by molar-refractivity contribution is 9.11. The number of pyridine rings is 1. The third-order valence-electron chi connectivity index (χ3n) is 2.17. The fourth-order valence-electron chi connectivity index (χ4n) is 1.37. The van der Waals surface area contributed by atoms with Gasteiger partial charge in [-0.25, -0.2) is 0 Å². The summed E-state index contributed by atoms with van der Waals surface area (Å²) < 4.78 is 1.17. The van der Waals surface area contributed by atoms with Crippen molar-refractivity contribution >= 4 is 38.6 Å². The van der Waals surface area contributed by atoms with Crippen molar-refractivity contribution < 1.29 is 0 Å². The van der Waals surface area contributed by atoms with E-state index in [1.165, 1.54) is 8.66 Å². The van der Waals surface area contributed by atoms with E-state index in [1.807, 2.05) is 6.07 Å². The van der Waals surface area contributed by atoms with Crippen molar-refractivity contribution in [3.63, 3.8) is 0 Å². The lowest BCUT2D eigenvalue weighted by molar-refractivity contribution is 1.04. The lowest BCUT2D eigenvalue weighted by Crippen LogP contribution is -2.06. The zero-order valence-corrected chi connectivity index (χ0v) is 11.0. The molecule has 0 bridgehead atoms. The van der Waals surface area contributed by atoms with Gasteiger partial charge in [-0.05, 0) is 40.5 Å². The molecule has 0 unspecified atom stereocenters. The number of anilines is 2. The van der Waals surface area contributed by atoms with Gasteiger partial charge in [0.2, 0.25) is 0 Å². The van der Waals surface area contributed by atoms with Crippen LogP contribution in [0.5, 0.6) is 0 Å². The Morgan fingerprint density at radius 3 is 2.94 bits per heavy atom. The number of nitrogens with two attached hydrogens (primary N) is 1. The van der Waals surface area contributed by atoms with E-state index in [0.29, 0.717) is 5.69 Å². The third-order valence-corrected chi connectivity index (χ3v) is 3.85. The molecule has 0 aliphatic carbocycles. The van der Waals surface area contributed by atoms with Gasteiger partial charge in [0.15, 0.2) is 0 Å². The zero-order valence-electron chi connectivity index (χ0n) is 8.61. The van der Waals surface area contributed by atoms with E-state index in [9.17, 15) is 0 Å². The SMILES string of the molecule is Nc1cnccc1NCCc1ccc(Br)s1. The molecule has 84 valence electrons. The minimum atomic E-state index is 0.690. The molecule has 0 aliphatic heterocycles. The molecular formula is C11H12BrN3S. The largest absolute Gasteiger partial charge is 0.396 e. The van der Waals surface area contributed by atoms with Gasteiger partial charge < -0.3 is 11.1 Å². The average molecular weight is 298 g/mol. The standard InChI is InChI=1S/C11H12BrN3S/c12-11-2-1-8(16-11)3-6-15-10-4-5-14-7-9(10)13/h1-2,4-5,7H,3,6,13H2,(H,14,15). The van der Waals surface area contributed by atoms with Crippen LogP contribution in [-0.4, -0.2) is 11.5 Å².